The number of H-pyrrole nitrogens is 1. The van der Waals surface area contributed by atoms with Crippen molar-refractivity contribution in [1.82, 2.24) is 14.8 Å². The number of aryl methyl sites for hydroxylation is 1. The van der Waals surface area contributed by atoms with Crippen LogP contribution in [0.1, 0.15) is 20.9 Å². The van der Waals surface area contributed by atoms with Crippen molar-refractivity contribution in [3.8, 4) is 10.4 Å². The molecule has 1 aromatic carbocycles. The maximum absolute atomic E-state index is 13.4. The number of carbonyl (C=O) groups is 1. The number of nitrogens with one attached hydrogen (secondary N) is 1. The van der Waals surface area contributed by atoms with Gasteiger partial charge in [-0.05, 0) is 48.9 Å². The van der Waals surface area contributed by atoms with Gasteiger partial charge in [0.15, 0.2) is 0 Å². The number of aromatic nitrogens is 1. The second kappa shape index (κ2) is 8.31. The number of halogens is 1. The summed E-state index contributed by atoms with van der Waals surface area (Å²) in [5.41, 5.74) is 1.49. The lowest BCUT2D eigenvalue weighted by atomic mass is 10.2. The summed E-state index contributed by atoms with van der Waals surface area (Å²) in [5.74, 6) is -0.443. The maximum atomic E-state index is 13.4. The molecule has 1 fully saturated rings. The van der Waals surface area contributed by atoms with Crippen LogP contribution in [-0.4, -0.2) is 46.9 Å². The third kappa shape index (κ3) is 4.46. The van der Waals surface area contributed by atoms with Gasteiger partial charge in [0.2, 0.25) is 0 Å². The van der Waals surface area contributed by atoms with Crippen LogP contribution in [0.5, 0.6) is 0 Å². The molecule has 0 radical (unpaired) electrons. The van der Waals surface area contributed by atoms with Gasteiger partial charge in [-0.2, -0.15) is 0 Å². The number of rotatable bonds is 4. The number of carbonyl (C=O) groups excluding carboxylic acids is 1. The Balaban J connectivity index is 1.36. The molecule has 1 saturated heterocycles. The fraction of sp³-hybridized carbons (Fsp3) is 0.273. The first-order chi connectivity index (χ1) is 14.0. The van der Waals surface area contributed by atoms with Crippen molar-refractivity contribution in [2.45, 2.75) is 13.5 Å². The molecule has 4 rings (SSSR count). The van der Waals surface area contributed by atoms with E-state index in [0.717, 1.165) is 35.8 Å². The van der Waals surface area contributed by atoms with Gasteiger partial charge in [-0.25, -0.2) is 4.39 Å². The van der Waals surface area contributed by atoms with E-state index in [2.05, 4.69) is 16.0 Å². The van der Waals surface area contributed by atoms with Gasteiger partial charge in [0.05, 0.1) is 0 Å². The second-order valence-corrected chi connectivity index (χ2v) is 8.40. The molecule has 0 saturated carbocycles. The lowest BCUT2D eigenvalue weighted by Gasteiger charge is -2.34. The van der Waals surface area contributed by atoms with Crippen LogP contribution in [0, 0.1) is 12.7 Å². The Morgan fingerprint density at radius 1 is 1.10 bits per heavy atom. The van der Waals surface area contributed by atoms with Crippen molar-refractivity contribution < 1.29 is 9.18 Å². The molecule has 29 heavy (non-hydrogen) atoms. The predicted molar refractivity (Wildman–Crippen MR) is 113 cm³/mol. The number of thiophene rings is 1. The maximum Gasteiger partial charge on any atom is 0.260 e. The predicted octanol–water partition coefficient (Wildman–Crippen LogP) is 3.51. The molecule has 0 spiro atoms. The summed E-state index contributed by atoms with van der Waals surface area (Å²) in [7, 11) is 0. The molecule has 3 aromatic rings. The number of piperazine rings is 1. The molecule has 1 aliphatic heterocycles. The largest absolute Gasteiger partial charge is 0.336 e. The highest BCUT2D eigenvalue weighted by Crippen LogP contribution is 2.29. The first-order valence-corrected chi connectivity index (χ1v) is 10.4. The molecule has 3 heterocycles. The average molecular weight is 412 g/mol. The number of hydrogen-bond acceptors (Lipinski definition) is 4. The molecule has 1 amide bonds. The smallest absolute Gasteiger partial charge is 0.260 e. The lowest BCUT2D eigenvalue weighted by Crippen LogP contribution is -2.49. The third-order valence-electron chi connectivity index (χ3n) is 5.10. The molecule has 2 aromatic heterocycles. The van der Waals surface area contributed by atoms with Gasteiger partial charge in [-0.3, -0.25) is 14.5 Å². The summed E-state index contributed by atoms with van der Waals surface area (Å²) in [6.45, 7) is 5.28. The molecule has 7 heteroatoms. The summed E-state index contributed by atoms with van der Waals surface area (Å²) >= 11 is 1.66. The molecule has 150 valence electrons. The van der Waals surface area contributed by atoms with Crippen molar-refractivity contribution in [2.75, 3.05) is 26.2 Å². The monoisotopic (exact) mass is 411 g/mol. The second-order valence-electron chi connectivity index (χ2n) is 7.23. The van der Waals surface area contributed by atoms with Crippen molar-refractivity contribution in [1.29, 1.82) is 0 Å². The van der Waals surface area contributed by atoms with Gasteiger partial charge >= 0.3 is 0 Å². The molecule has 5 nitrogen and oxygen atoms in total. The summed E-state index contributed by atoms with van der Waals surface area (Å²) < 4.78 is 13.4. The van der Waals surface area contributed by atoms with E-state index < -0.39 is 0 Å². The van der Waals surface area contributed by atoms with Gasteiger partial charge in [0, 0.05) is 48.2 Å². The fourth-order valence-corrected chi connectivity index (χ4v) is 4.55. The van der Waals surface area contributed by atoms with Crippen LogP contribution in [0.2, 0.25) is 0 Å². The van der Waals surface area contributed by atoms with E-state index in [9.17, 15) is 14.0 Å². The van der Waals surface area contributed by atoms with Crippen LogP contribution in [0.3, 0.4) is 0 Å². The molecule has 0 aliphatic carbocycles. The average Bonchev–Trinajstić information content (AvgIpc) is 3.17. The van der Waals surface area contributed by atoms with Crippen LogP contribution in [-0.2, 0) is 6.54 Å². The Labute approximate surface area is 172 Å². The number of aromatic amines is 1. The van der Waals surface area contributed by atoms with Crippen LogP contribution in [0.4, 0.5) is 4.39 Å². The topological polar surface area (TPSA) is 56.4 Å². The zero-order chi connectivity index (χ0) is 20.4. The molecule has 0 unspecified atom stereocenters. The molecule has 0 bridgehead atoms. The minimum atomic E-state index is -0.333. The standard InChI is InChI=1S/C22H22FN3O2S/c1-15-5-7-19(21(27)24-15)22(28)26-11-9-25(10-12-26)14-18-6-8-20(29-18)16-3-2-4-17(23)13-16/h2-8,13H,9-12,14H2,1H3,(H,24,27). The molecular weight excluding hydrogens is 389 g/mol. The minimum Gasteiger partial charge on any atom is -0.336 e. The van der Waals surface area contributed by atoms with E-state index in [0.29, 0.717) is 13.1 Å². The van der Waals surface area contributed by atoms with E-state index in [4.69, 9.17) is 0 Å². The van der Waals surface area contributed by atoms with Gasteiger partial charge in [0.1, 0.15) is 11.4 Å². The zero-order valence-corrected chi connectivity index (χ0v) is 17.0. The van der Waals surface area contributed by atoms with Gasteiger partial charge in [-0.1, -0.05) is 12.1 Å². The van der Waals surface area contributed by atoms with Gasteiger partial charge in [0.25, 0.3) is 11.5 Å². The Kier molecular flexibility index (Phi) is 5.60. The Hall–Kier alpha value is -2.77. The number of benzene rings is 1. The number of hydrogen-bond donors (Lipinski definition) is 1. The number of nitrogens with zero attached hydrogens (tertiary/aromatic N) is 2. The Morgan fingerprint density at radius 2 is 1.90 bits per heavy atom. The van der Waals surface area contributed by atoms with Crippen molar-refractivity contribution in [3.63, 3.8) is 0 Å². The number of amides is 1. The molecular formula is C22H22FN3O2S. The van der Waals surface area contributed by atoms with Crippen molar-refractivity contribution >= 4 is 17.2 Å². The van der Waals surface area contributed by atoms with Crippen LogP contribution < -0.4 is 5.56 Å². The zero-order valence-electron chi connectivity index (χ0n) is 16.2. The van der Waals surface area contributed by atoms with Crippen molar-refractivity contribution in [3.05, 3.63) is 80.8 Å². The highest BCUT2D eigenvalue weighted by atomic mass is 32.1. The highest BCUT2D eigenvalue weighted by Gasteiger charge is 2.24. The molecule has 0 atom stereocenters. The van der Waals surface area contributed by atoms with Crippen LogP contribution in [0.25, 0.3) is 10.4 Å². The molecule has 1 aliphatic rings. The van der Waals surface area contributed by atoms with E-state index in [1.54, 1.807) is 47.4 Å². The number of pyridine rings is 1. The van der Waals surface area contributed by atoms with E-state index in [1.807, 2.05) is 12.1 Å². The third-order valence-corrected chi connectivity index (χ3v) is 6.21. The van der Waals surface area contributed by atoms with Gasteiger partial charge in [-0.15, -0.1) is 11.3 Å². The Bertz CT molecular complexity index is 1080. The van der Waals surface area contributed by atoms with Gasteiger partial charge < -0.3 is 9.88 Å². The summed E-state index contributed by atoms with van der Waals surface area (Å²) in [5, 5.41) is 0. The first-order valence-electron chi connectivity index (χ1n) is 9.56. The highest BCUT2D eigenvalue weighted by molar-refractivity contribution is 7.15. The van der Waals surface area contributed by atoms with Crippen LogP contribution in [0.15, 0.2) is 53.3 Å². The van der Waals surface area contributed by atoms with Crippen molar-refractivity contribution in [2.24, 2.45) is 0 Å². The lowest BCUT2D eigenvalue weighted by molar-refractivity contribution is 0.0628. The minimum absolute atomic E-state index is 0.196. The van der Waals surface area contributed by atoms with E-state index in [-0.39, 0.29) is 22.8 Å². The fourth-order valence-electron chi connectivity index (χ4n) is 3.50. The molecule has 1 N–H and O–H groups in total. The summed E-state index contributed by atoms with van der Waals surface area (Å²) in [4.78, 5) is 33.7. The van der Waals surface area contributed by atoms with E-state index >= 15 is 0 Å². The van der Waals surface area contributed by atoms with Crippen LogP contribution >= 0.6 is 11.3 Å². The SMILES string of the molecule is Cc1ccc(C(=O)N2CCN(Cc3ccc(-c4cccc(F)c4)s3)CC2)c(=O)[nH]1. The first kappa shape index (κ1) is 19.5. The summed E-state index contributed by atoms with van der Waals surface area (Å²) in [6, 6.07) is 14.1. The quantitative estimate of drug-likeness (QED) is 0.715. The van der Waals surface area contributed by atoms with E-state index in [1.165, 1.54) is 10.9 Å². The normalized spacial score (nSPS) is 14.9. The summed E-state index contributed by atoms with van der Waals surface area (Å²) in [6.07, 6.45) is 0. The Morgan fingerprint density at radius 3 is 2.62 bits per heavy atom.